The molecule has 1 atom stereocenters. The number of nitrogens with two attached hydrogens (primary N) is 1. The third-order valence-electron chi connectivity index (χ3n) is 4.09. The minimum atomic E-state index is -0.207. The Hall–Kier alpha value is -1.68. The maximum atomic E-state index is 13.8. The van der Waals surface area contributed by atoms with E-state index < -0.39 is 0 Å². The molecule has 3 nitrogen and oxygen atoms in total. The Kier molecular flexibility index (Phi) is 3.34. The molecule has 0 aliphatic heterocycles. The van der Waals surface area contributed by atoms with Gasteiger partial charge in [-0.3, -0.25) is 0 Å². The van der Waals surface area contributed by atoms with Gasteiger partial charge >= 0.3 is 0 Å². The molecule has 0 radical (unpaired) electrons. The van der Waals surface area contributed by atoms with Gasteiger partial charge in [0, 0.05) is 11.7 Å². The van der Waals surface area contributed by atoms with Gasteiger partial charge in [-0.25, -0.2) is 9.37 Å². The van der Waals surface area contributed by atoms with Crippen molar-refractivity contribution in [1.82, 2.24) is 9.55 Å². The standard InChI is InChI=1S/C16H20FN3/c1-10-7-16(12(11(2)18)8-13(10)17)20-9-19-14-5-3-4-6-15(14)20/h7-9,11H,3-6,18H2,1-2H3. The molecule has 20 heavy (non-hydrogen) atoms. The van der Waals surface area contributed by atoms with E-state index in [2.05, 4.69) is 9.55 Å². The molecule has 2 N–H and O–H groups in total. The molecule has 0 spiro atoms. The molecule has 0 saturated heterocycles. The summed E-state index contributed by atoms with van der Waals surface area (Å²) in [5.41, 5.74) is 10.9. The van der Waals surface area contributed by atoms with Crippen LogP contribution in [0, 0.1) is 12.7 Å². The molecule has 1 heterocycles. The van der Waals surface area contributed by atoms with Crippen LogP contribution in [0.3, 0.4) is 0 Å². The molecule has 0 bridgehead atoms. The van der Waals surface area contributed by atoms with Crippen molar-refractivity contribution in [3.8, 4) is 5.69 Å². The Morgan fingerprint density at radius 2 is 2.05 bits per heavy atom. The number of imidazole rings is 1. The van der Waals surface area contributed by atoms with Crippen molar-refractivity contribution in [2.24, 2.45) is 5.73 Å². The zero-order chi connectivity index (χ0) is 14.3. The minimum absolute atomic E-state index is 0.199. The van der Waals surface area contributed by atoms with Crippen molar-refractivity contribution < 1.29 is 4.39 Å². The first-order valence-corrected chi connectivity index (χ1v) is 7.19. The first-order valence-electron chi connectivity index (χ1n) is 7.19. The van der Waals surface area contributed by atoms with Crippen LogP contribution in [0.15, 0.2) is 18.5 Å². The molecule has 1 aromatic heterocycles. The first-order chi connectivity index (χ1) is 9.58. The Morgan fingerprint density at radius 3 is 2.80 bits per heavy atom. The van der Waals surface area contributed by atoms with Crippen LogP contribution in [0.1, 0.15) is 48.3 Å². The summed E-state index contributed by atoms with van der Waals surface area (Å²) in [5.74, 6) is -0.199. The number of benzene rings is 1. The van der Waals surface area contributed by atoms with Crippen LogP contribution in [0.2, 0.25) is 0 Å². The molecule has 2 aromatic rings. The molecular weight excluding hydrogens is 253 g/mol. The third-order valence-corrected chi connectivity index (χ3v) is 4.09. The molecule has 3 rings (SSSR count). The Morgan fingerprint density at radius 1 is 1.30 bits per heavy atom. The van der Waals surface area contributed by atoms with Gasteiger partial charge in [-0.1, -0.05) is 0 Å². The van der Waals surface area contributed by atoms with Crippen molar-refractivity contribution in [2.45, 2.75) is 45.6 Å². The quantitative estimate of drug-likeness (QED) is 0.913. The summed E-state index contributed by atoms with van der Waals surface area (Å²) >= 11 is 0. The van der Waals surface area contributed by atoms with E-state index in [9.17, 15) is 4.39 Å². The highest BCUT2D eigenvalue weighted by atomic mass is 19.1. The number of aryl methyl sites for hydroxylation is 2. The highest BCUT2D eigenvalue weighted by Gasteiger charge is 2.19. The number of nitrogens with zero attached hydrogens (tertiary/aromatic N) is 2. The van der Waals surface area contributed by atoms with Gasteiger partial charge < -0.3 is 10.3 Å². The Labute approximate surface area is 118 Å². The minimum Gasteiger partial charge on any atom is -0.324 e. The maximum absolute atomic E-state index is 13.8. The van der Waals surface area contributed by atoms with Crippen LogP contribution in [-0.2, 0) is 12.8 Å². The summed E-state index contributed by atoms with van der Waals surface area (Å²) in [6.45, 7) is 3.67. The van der Waals surface area contributed by atoms with Gasteiger partial charge in [0.05, 0.1) is 17.7 Å². The Balaban J connectivity index is 2.19. The van der Waals surface area contributed by atoms with Gasteiger partial charge in [0.2, 0.25) is 0 Å². The summed E-state index contributed by atoms with van der Waals surface area (Å²) in [6.07, 6.45) is 6.31. The predicted molar refractivity (Wildman–Crippen MR) is 77.5 cm³/mol. The van der Waals surface area contributed by atoms with E-state index in [0.717, 1.165) is 24.1 Å². The Bertz CT molecular complexity index is 643. The monoisotopic (exact) mass is 273 g/mol. The second kappa shape index (κ2) is 5.02. The van der Waals surface area contributed by atoms with Gasteiger partial charge in [0.1, 0.15) is 5.82 Å². The molecular formula is C16H20FN3. The van der Waals surface area contributed by atoms with Gasteiger partial charge in [-0.05, 0) is 62.8 Å². The maximum Gasteiger partial charge on any atom is 0.126 e. The van der Waals surface area contributed by atoms with E-state index in [1.165, 1.54) is 24.2 Å². The molecule has 0 fully saturated rings. The second-order valence-electron chi connectivity index (χ2n) is 5.66. The summed E-state index contributed by atoms with van der Waals surface area (Å²) < 4.78 is 15.9. The van der Waals surface area contributed by atoms with E-state index in [0.29, 0.717) is 5.56 Å². The van der Waals surface area contributed by atoms with Crippen molar-refractivity contribution >= 4 is 0 Å². The zero-order valence-corrected chi connectivity index (χ0v) is 12.0. The zero-order valence-electron chi connectivity index (χ0n) is 12.0. The van der Waals surface area contributed by atoms with E-state index in [4.69, 9.17) is 5.73 Å². The first kappa shape index (κ1) is 13.3. The average Bonchev–Trinajstić information content (AvgIpc) is 2.85. The number of hydrogen-bond donors (Lipinski definition) is 1. The average molecular weight is 273 g/mol. The van der Waals surface area contributed by atoms with E-state index in [1.807, 2.05) is 19.3 Å². The van der Waals surface area contributed by atoms with E-state index in [1.54, 1.807) is 13.0 Å². The lowest BCUT2D eigenvalue weighted by Gasteiger charge is -2.19. The van der Waals surface area contributed by atoms with Crippen LogP contribution >= 0.6 is 0 Å². The smallest absolute Gasteiger partial charge is 0.126 e. The molecule has 0 amide bonds. The lowest BCUT2D eigenvalue weighted by atomic mass is 9.99. The number of fused-ring (bicyclic) bond motifs is 1. The van der Waals surface area contributed by atoms with Crippen LogP contribution in [0.5, 0.6) is 0 Å². The predicted octanol–water partition coefficient (Wildman–Crippen LogP) is 3.22. The fourth-order valence-electron chi connectivity index (χ4n) is 2.93. The summed E-state index contributed by atoms with van der Waals surface area (Å²) in [6, 6.07) is 3.23. The van der Waals surface area contributed by atoms with Crippen LogP contribution in [0.4, 0.5) is 4.39 Å². The number of aromatic nitrogens is 2. The van der Waals surface area contributed by atoms with Gasteiger partial charge in [-0.15, -0.1) is 0 Å². The van der Waals surface area contributed by atoms with Crippen molar-refractivity contribution in [3.05, 3.63) is 46.8 Å². The van der Waals surface area contributed by atoms with Crippen molar-refractivity contribution in [1.29, 1.82) is 0 Å². The topological polar surface area (TPSA) is 43.8 Å². The van der Waals surface area contributed by atoms with Gasteiger partial charge in [-0.2, -0.15) is 0 Å². The fourth-order valence-corrected chi connectivity index (χ4v) is 2.93. The molecule has 1 aliphatic rings. The summed E-state index contributed by atoms with van der Waals surface area (Å²) in [5, 5.41) is 0. The third kappa shape index (κ3) is 2.14. The SMILES string of the molecule is Cc1cc(-n2cnc3c2CCCC3)c(C(C)N)cc1F. The number of hydrogen-bond acceptors (Lipinski definition) is 2. The van der Waals surface area contributed by atoms with Crippen LogP contribution in [-0.4, -0.2) is 9.55 Å². The summed E-state index contributed by atoms with van der Waals surface area (Å²) in [7, 11) is 0. The normalized spacial score (nSPS) is 16.0. The number of rotatable bonds is 2. The van der Waals surface area contributed by atoms with Gasteiger partial charge in [0.15, 0.2) is 0 Å². The second-order valence-corrected chi connectivity index (χ2v) is 5.66. The van der Waals surface area contributed by atoms with Crippen LogP contribution in [0.25, 0.3) is 5.69 Å². The molecule has 106 valence electrons. The molecule has 4 heteroatoms. The highest BCUT2D eigenvalue weighted by Crippen LogP contribution is 2.28. The van der Waals surface area contributed by atoms with E-state index in [-0.39, 0.29) is 11.9 Å². The van der Waals surface area contributed by atoms with Crippen molar-refractivity contribution in [2.75, 3.05) is 0 Å². The lowest BCUT2D eigenvalue weighted by molar-refractivity contribution is 0.610. The van der Waals surface area contributed by atoms with Crippen molar-refractivity contribution in [3.63, 3.8) is 0 Å². The largest absolute Gasteiger partial charge is 0.324 e. The van der Waals surface area contributed by atoms with Crippen LogP contribution < -0.4 is 5.73 Å². The van der Waals surface area contributed by atoms with E-state index >= 15 is 0 Å². The van der Waals surface area contributed by atoms with Gasteiger partial charge in [0.25, 0.3) is 0 Å². The molecule has 1 aliphatic carbocycles. The molecule has 1 aromatic carbocycles. The molecule has 0 saturated carbocycles. The lowest BCUT2D eigenvalue weighted by Crippen LogP contribution is -2.13. The fraction of sp³-hybridized carbons (Fsp3) is 0.438. The summed E-state index contributed by atoms with van der Waals surface area (Å²) in [4.78, 5) is 4.51. The highest BCUT2D eigenvalue weighted by molar-refractivity contribution is 5.48. The molecule has 1 unspecified atom stereocenters. The number of halogens is 1.